The molecule has 0 saturated heterocycles. The van der Waals surface area contributed by atoms with Crippen LogP contribution in [0.4, 0.5) is 0 Å². The van der Waals surface area contributed by atoms with Crippen molar-refractivity contribution in [3.8, 4) is 0 Å². The van der Waals surface area contributed by atoms with E-state index < -0.39 is 0 Å². The van der Waals surface area contributed by atoms with Crippen molar-refractivity contribution in [3.05, 3.63) is 0 Å². The smallest absolute Gasteiger partial charge is 0.0747 e. The first-order valence-corrected chi connectivity index (χ1v) is 3.65. The van der Waals surface area contributed by atoms with Crippen molar-refractivity contribution in [2.24, 2.45) is 11.3 Å². The van der Waals surface area contributed by atoms with Gasteiger partial charge in [-0.2, -0.15) is 0 Å². The molecule has 0 aromatic rings. The summed E-state index contributed by atoms with van der Waals surface area (Å²) in [4.78, 5) is 6.83. The first-order valence-electron chi connectivity index (χ1n) is 3.65. The molecule has 0 unspecified atom stereocenters. The average Bonchev–Trinajstić information content (AvgIpc) is 2.47. The van der Waals surface area contributed by atoms with E-state index in [4.69, 9.17) is 5.90 Å². The summed E-state index contributed by atoms with van der Waals surface area (Å²) in [5.74, 6) is 5.01. The summed E-state index contributed by atoms with van der Waals surface area (Å²) in [5, 5.41) is 0. The maximum atomic E-state index is 5.01. The van der Waals surface area contributed by atoms with Gasteiger partial charge in [0, 0.05) is 12.0 Å². The maximum Gasteiger partial charge on any atom is 0.0747 e. The van der Waals surface area contributed by atoms with Gasteiger partial charge in [0.25, 0.3) is 0 Å². The Balaban J connectivity index is 2.23. The van der Waals surface area contributed by atoms with Crippen LogP contribution < -0.4 is 5.90 Å². The minimum Gasteiger partial charge on any atom is -0.309 e. The van der Waals surface area contributed by atoms with Crippen molar-refractivity contribution in [2.45, 2.75) is 12.8 Å². The van der Waals surface area contributed by atoms with Crippen molar-refractivity contribution >= 4 is 0 Å². The molecule has 3 nitrogen and oxygen atoms in total. The molecule has 10 heavy (non-hydrogen) atoms. The van der Waals surface area contributed by atoms with E-state index >= 15 is 0 Å². The summed E-state index contributed by atoms with van der Waals surface area (Å²) in [7, 11) is 4.16. The molecule has 1 aliphatic carbocycles. The quantitative estimate of drug-likeness (QED) is 0.573. The molecule has 3 heteroatoms. The molecule has 0 bridgehead atoms. The summed E-state index contributed by atoms with van der Waals surface area (Å²) in [5.41, 5.74) is 0.401. The van der Waals surface area contributed by atoms with Crippen LogP contribution in [-0.4, -0.2) is 32.1 Å². The number of hydrogen-bond donors (Lipinski definition) is 1. The van der Waals surface area contributed by atoms with E-state index in [9.17, 15) is 0 Å². The van der Waals surface area contributed by atoms with Crippen LogP contribution >= 0.6 is 0 Å². The highest BCUT2D eigenvalue weighted by atomic mass is 16.6. The van der Waals surface area contributed by atoms with Gasteiger partial charge in [-0.3, -0.25) is 0 Å². The highest BCUT2D eigenvalue weighted by Gasteiger charge is 2.43. The van der Waals surface area contributed by atoms with Gasteiger partial charge in [-0.05, 0) is 26.9 Å². The minimum atomic E-state index is 0.401. The van der Waals surface area contributed by atoms with Gasteiger partial charge in [0.1, 0.15) is 0 Å². The van der Waals surface area contributed by atoms with Crippen molar-refractivity contribution in [1.82, 2.24) is 4.90 Å². The summed E-state index contributed by atoms with van der Waals surface area (Å²) in [6.07, 6.45) is 2.53. The molecule has 1 aliphatic rings. The number of hydrogen-bond acceptors (Lipinski definition) is 3. The molecule has 0 radical (unpaired) electrons. The first kappa shape index (κ1) is 7.98. The molecule has 2 N–H and O–H groups in total. The average molecular weight is 144 g/mol. The molecule has 0 heterocycles. The lowest BCUT2D eigenvalue weighted by Crippen LogP contribution is -2.27. The third kappa shape index (κ3) is 1.94. The van der Waals surface area contributed by atoms with Gasteiger partial charge in [-0.25, -0.2) is 5.90 Å². The van der Waals surface area contributed by atoms with Gasteiger partial charge < -0.3 is 9.74 Å². The van der Waals surface area contributed by atoms with Crippen LogP contribution in [0.25, 0.3) is 0 Å². The first-order chi connectivity index (χ1) is 4.68. The van der Waals surface area contributed by atoms with E-state index in [2.05, 4.69) is 23.8 Å². The molecule has 0 spiro atoms. The molecule has 1 fully saturated rings. The second-order valence-corrected chi connectivity index (χ2v) is 3.55. The molecule has 0 amide bonds. The van der Waals surface area contributed by atoms with Crippen molar-refractivity contribution in [3.63, 3.8) is 0 Å². The van der Waals surface area contributed by atoms with E-state index in [0.29, 0.717) is 12.0 Å². The summed E-state index contributed by atoms with van der Waals surface area (Å²) >= 11 is 0. The second-order valence-electron chi connectivity index (χ2n) is 3.55. The molecule has 0 aromatic carbocycles. The van der Waals surface area contributed by atoms with Crippen LogP contribution in [0.2, 0.25) is 0 Å². The van der Waals surface area contributed by atoms with E-state index in [1.54, 1.807) is 0 Å². The van der Waals surface area contributed by atoms with E-state index in [1.807, 2.05) is 0 Å². The monoisotopic (exact) mass is 144 g/mol. The van der Waals surface area contributed by atoms with Crippen LogP contribution in [0.1, 0.15) is 12.8 Å². The molecule has 1 saturated carbocycles. The Morgan fingerprint density at radius 1 is 1.50 bits per heavy atom. The summed E-state index contributed by atoms with van der Waals surface area (Å²) in [6, 6.07) is 0. The Bertz CT molecular complexity index is 110. The molecular weight excluding hydrogens is 128 g/mol. The van der Waals surface area contributed by atoms with E-state index in [-0.39, 0.29) is 0 Å². The molecular formula is C7H16N2O. The lowest BCUT2D eigenvalue weighted by molar-refractivity contribution is 0.0795. The molecule has 1 rings (SSSR count). The third-order valence-corrected chi connectivity index (χ3v) is 2.00. The number of rotatable bonds is 4. The largest absolute Gasteiger partial charge is 0.309 e. The molecule has 0 aliphatic heterocycles. The fourth-order valence-electron chi connectivity index (χ4n) is 1.37. The molecule has 60 valence electrons. The second kappa shape index (κ2) is 2.86. The van der Waals surface area contributed by atoms with E-state index in [0.717, 1.165) is 6.54 Å². The zero-order chi connectivity index (χ0) is 7.61. The fourth-order valence-corrected chi connectivity index (χ4v) is 1.37. The fraction of sp³-hybridized carbons (Fsp3) is 1.00. The van der Waals surface area contributed by atoms with Crippen LogP contribution in [0.3, 0.4) is 0 Å². The Hall–Kier alpha value is -0.120. The van der Waals surface area contributed by atoms with Gasteiger partial charge in [-0.1, -0.05) is 0 Å². The number of nitrogens with zero attached hydrogens (tertiary/aromatic N) is 1. The lowest BCUT2D eigenvalue weighted by Gasteiger charge is -2.18. The topological polar surface area (TPSA) is 38.5 Å². The third-order valence-electron chi connectivity index (χ3n) is 2.00. The van der Waals surface area contributed by atoms with Gasteiger partial charge in [0.2, 0.25) is 0 Å². The molecule has 0 atom stereocenters. The zero-order valence-electron chi connectivity index (χ0n) is 6.76. The SMILES string of the molecule is CN(C)CC1(CON)CC1. The Morgan fingerprint density at radius 2 is 2.10 bits per heavy atom. The van der Waals surface area contributed by atoms with Crippen molar-refractivity contribution in [2.75, 3.05) is 27.2 Å². The number of nitrogens with two attached hydrogens (primary N) is 1. The normalized spacial score (nSPS) is 21.6. The summed E-state index contributed by atoms with van der Waals surface area (Å²) < 4.78 is 0. The Kier molecular flexibility index (Phi) is 2.28. The lowest BCUT2D eigenvalue weighted by atomic mass is 10.1. The standard InChI is InChI=1S/C7H16N2O/c1-9(2)5-7(3-4-7)6-10-8/h3-6,8H2,1-2H3. The van der Waals surface area contributed by atoms with Crippen molar-refractivity contribution < 1.29 is 4.84 Å². The predicted molar refractivity (Wildman–Crippen MR) is 40.4 cm³/mol. The minimum absolute atomic E-state index is 0.401. The van der Waals surface area contributed by atoms with Crippen LogP contribution in [0.15, 0.2) is 0 Å². The van der Waals surface area contributed by atoms with Crippen LogP contribution in [-0.2, 0) is 4.84 Å². The van der Waals surface area contributed by atoms with E-state index in [1.165, 1.54) is 12.8 Å². The van der Waals surface area contributed by atoms with Gasteiger partial charge >= 0.3 is 0 Å². The van der Waals surface area contributed by atoms with Gasteiger partial charge in [0.05, 0.1) is 6.61 Å². The van der Waals surface area contributed by atoms with Gasteiger partial charge in [0.15, 0.2) is 0 Å². The molecule has 0 aromatic heterocycles. The van der Waals surface area contributed by atoms with Crippen LogP contribution in [0, 0.1) is 5.41 Å². The zero-order valence-corrected chi connectivity index (χ0v) is 6.76. The van der Waals surface area contributed by atoms with Gasteiger partial charge in [-0.15, -0.1) is 0 Å². The van der Waals surface area contributed by atoms with Crippen molar-refractivity contribution in [1.29, 1.82) is 0 Å². The highest BCUT2D eigenvalue weighted by Crippen LogP contribution is 2.45. The highest BCUT2D eigenvalue weighted by molar-refractivity contribution is 4.94. The summed E-state index contributed by atoms with van der Waals surface area (Å²) in [6.45, 7) is 1.81. The predicted octanol–water partition coefficient (Wildman–Crippen LogP) is 0.218. The van der Waals surface area contributed by atoms with Crippen LogP contribution in [0.5, 0.6) is 0 Å². The Morgan fingerprint density at radius 3 is 2.40 bits per heavy atom. The Labute approximate surface area is 62.1 Å². The maximum absolute atomic E-state index is 5.01.